The average Bonchev–Trinajstić information content (AvgIpc) is 3.24. The number of nitrogens with zero attached hydrogens (tertiary/aromatic N) is 1. The van der Waals surface area contributed by atoms with Crippen molar-refractivity contribution in [2.75, 3.05) is 32.8 Å². The maximum absolute atomic E-state index is 12.9. The van der Waals surface area contributed by atoms with Crippen molar-refractivity contribution in [3.63, 3.8) is 0 Å². The summed E-state index contributed by atoms with van der Waals surface area (Å²) in [7, 11) is 0. The number of hydrogen-bond donors (Lipinski definition) is 1. The zero-order chi connectivity index (χ0) is 21.8. The normalized spacial score (nSPS) is 16.5. The van der Waals surface area contributed by atoms with Crippen LogP contribution in [0.4, 0.5) is 13.2 Å². The molecule has 1 N–H and O–H groups in total. The van der Waals surface area contributed by atoms with Gasteiger partial charge in [-0.25, -0.2) is 0 Å². The van der Waals surface area contributed by atoms with Crippen molar-refractivity contribution in [3.05, 3.63) is 76.7 Å². The number of ether oxygens (including phenoxy) is 1. The Morgan fingerprint density at radius 3 is 2.77 bits per heavy atom. The molecule has 4 rings (SSSR count). The van der Waals surface area contributed by atoms with Crippen molar-refractivity contribution in [1.29, 1.82) is 0 Å². The third-order valence-corrected chi connectivity index (χ3v) is 6.44. The van der Waals surface area contributed by atoms with Gasteiger partial charge in [0.15, 0.2) is 0 Å². The van der Waals surface area contributed by atoms with Gasteiger partial charge < -0.3 is 9.84 Å². The number of aliphatic hydroxyl groups excluding tert-OH is 1. The fraction of sp³-hybridized carbons (Fsp3) is 0.333. The van der Waals surface area contributed by atoms with Crippen LogP contribution in [0.5, 0.6) is 0 Å². The van der Waals surface area contributed by atoms with Gasteiger partial charge in [-0.2, -0.15) is 13.2 Å². The molecule has 1 aromatic heterocycles. The Morgan fingerprint density at radius 1 is 1.13 bits per heavy atom. The van der Waals surface area contributed by atoms with E-state index in [0.29, 0.717) is 31.7 Å². The zero-order valence-corrected chi connectivity index (χ0v) is 17.8. The maximum atomic E-state index is 12.9. The molecule has 1 atom stereocenters. The summed E-state index contributed by atoms with van der Waals surface area (Å²) in [6.45, 7) is 2.87. The largest absolute Gasteiger partial charge is 0.416 e. The fourth-order valence-electron chi connectivity index (χ4n) is 3.75. The van der Waals surface area contributed by atoms with Gasteiger partial charge in [0.1, 0.15) is 6.10 Å². The second kappa shape index (κ2) is 9.53. The predicted molar refractivity (Wildman–Crippen MR) is 118 cm³/mol. The molecular formula is C24H24F3NO2S. The third kappa shape index (κ3) is 5.54. The molecule has 0 amide bonds. The zero-order valence-electron chi connectivity index (χ0n) is 16.9. The van der Waals surface area contributed by atoms with Crippen LogP contribution in [0.2, 0.25) is 0 Å². The molecule has 3 nitrogen and oxygen atoms in total. The van der Waals surface area contributed by atoms with E-state index in [0.717, 1.165) is 29.1 Å². The van der Waals surface area contributed by atoms with Crippen LogP contribution < -0.4 is 0 Å². The average molecular weight is 448 g/mol. The van der Waals surface area contributed by atoms with Crippen LogP contribution in [-0.4, -0.2) is 42.9 Å². The highest BCUT2D eigenvalue weighted by molar-refractivity contribution is 7.17. The van der Waals surface area contributed by atoms with E-state index in [4.69, 9.17) is 4.74 Å². The molecule has 0 aliphatic carbocycles. The predicted octanol–water partition coefficient (Wildman–Crippen LogP) is 5.76. The maximum Gasteiger partial charge on any atom is 0.416 e. The lowest BCUT2D eigenvalue weighted by Crippen LogP contribution is -2.32. The summed E-state index contributed by atoms with van der Waals surface area (Å²) in [4.78, 5) is 2.20. The summed E-state index contributed by atoms with van der Waals surface area (Å²) in [5.74, 6) is 0. The van der Waals surface area contributed by atoms with Gasteiger partial charge in [-0.3, -0.25) is 4.90 Å². The number of aliphatic hydroxyl groups is 1. The second-order valence-corrected chi connectivity index (χ2v) is 8.61. The SMILES string of the molecule is OC(COCCN1CC=C(c2cccc(C(F)(F)F)c2)CC1)c1ccc2sccc2c1. The van der Waals surface area contributed by atoms with Gasteiger partial charge >= 0.3 is 6.18 Å². The molecule has 0 saturated heterocycles. The summed E-state index contributed by atoms with van der Waals surface area (Å²) in [5.41, 5.74) is 1.81. The molecule has 0 spiro atoms. The van der Waals surface area contributed by atoms with E-state index >= 15 is 0 Å². The van der Waals surface area contributed by atoms with Gasteiger partial charge in [-0.15, -0.1) is 11.3 Å². The summed E-state index contributed by atoms with van der Waals surface area (Å²) < 4.78 is 45.7. The smallest absolute Gasteiger partial charge is 0.386 e. The van der Waals surface area contributed by atoms with E-state index in [1.54, 1.807) is 17.4 Å². The number of benzene rings is 2. The first-order valence-corrected chi connectivity index (χ1v) is 11.1. The fourth-order valence-corrected chi connectivity index (χ4v) is 4.52. The van der Waals surface area contributed by atoms with Gasteiger partial charge in [-0.1, -0.05) is 24.3 Å². The van der Waals surface area contributed by atoms with Gasteiger partial charge in [0, 0.05) is 24.3 Å². The minimum Gasteiger partial charge on any atom is -0.386 e. The number of alkyl halides is 3. The Bertz CT molecular complexity index is 1060. The number of hydrogen-bond acceptors (Lipinski definition) is 4. The first-order chi connectivity index (χ1) is 14.9. The highest BCUT2D eigenvalue weighted by atomic mass is 32.1. The molecule has 3 aromatic rings. The lowest BCUT2D eigenvalue weighted by atomic mass is 9.97. The first-order valence-electron chi connectivity index (χ1n) is 10.2. The van der Waals surface area contributed by atoms with Crippen LogP contribution in [-0.2, 0) is 10.9 Å². The minimum atomic E-state index is -4.32. The minimum absolute atomic E-state index is 0.231. The first kappa shape index (κ1) is 22.0. The molecule has 7 heteroatoms. The van der Waals surface area contributed by atoms with Gasteiger partial charge in [0.05, 0.1) is 18.8 Å². The van der Waals surface area contributed by atoms with Crippen LogP contribution in [0.1, 0.15) is 29.2 Å². The molecule has 164 valence electrons. The number of thiophene rings is 1. The molecule has 2 heterocycles. The van der Waals surface area contributed by atoms with E-state index in [9.17, 15) is 18.3 Å². The molecule has 0 fully saturated rings. The van der Waals surface area contributed by atoms with Crippen LogP contribution >= 0.6 is 11.3 Å². The molecule has 2 aromatic carbocycles. The summed E-state index contributed by atoms with van der Waals surface area (Å²) >= 11 is 1.67. The highest BCUT2D eigenvalue weighted by Crippen LogP contribution is 2.32. The van der Waals surface area contributed by atoms with Gasteiger partial charge in [0.2, 0.25) is 0 Å². The van der Waals surface area contributed by atoms with E-state index in [1.807, 2.05) is 35.7 Å². The number of halogens is 3. The summed E-state index contributed by atoms with van der Waals surface area (Å²) in [6.07, 6.45) is -2.30. The van der Waals surface area contributed by atoms with Crippen LogP contribution in [0.25, 0.3) is 15.7 Å². The Hall–Kier alpha value is -2.19. The topological polar surface area (TPSA) is 32.7 Å². The highest BCUT2D eigenvalue weighted by Gasteiger charge is 2.30. The van der Waals surface area contributed by atoms with E-state index in [-0.39, 0.29) is 6.61 Å². The molecule has 0 radical (unpaired) electrons. The molecule has 0 bridgehead atoms. The van der Waals surface area contributed by atoms with Crippen molar-refractivity contribution in [1.82, 2.24) is 4.90 Å². The van der Waals surface area contributed by atoms with E-state index in [2.05, 4.69) is 4.90 Å². The van der Waals surface area contributed by atoms with Crippen molar-refractivity contribution < 1.29 is 23.0 Å². The van der Waals surface area contributed by atoms with Gasteiger partial charge in [0.25, 0.3) is 0 Å². The number of rotatable bonds is 7. The third-order valence-electron chi connectivity index (χ3n) is 5.54. The van der Waals surface area contributed by atoms with E-state index in [1.165, 1.54) is 16.8 Å². The Balaban J connectivity index is 1.23. The monoisotopic (exact) mass is 447 g/mol. The Kier molecular flexibility index (Phi) is 6.77. The molecule has 1 aliphatic rings. The van der Waals surface area contributed by atoms with Crippen LogP contribution in [0.3, 0.4) is 0 Å². The summed E-state index contributed by atoms with van der Waals surface area (Å²) in [5, 5.41) is 13.5. The number of fused-ring (bicyclic) bond motifs is 1. The Labute approximate surface area is 183 Å². The quantitative estimate of drug-likeness (QED) is 0.468. The lowest BCUT2D eigenvalue weighted by Gasteiger charge is -2.26. The van der Waals surface area contributed by atoms with Crippen molar-refractivity contribution >= 4 is 27.0 Å². The molecule has 0 saturated carbocycles. The van der Waals surface area contributed by atoms with Crippen molar-refractivity contribution in [2.24, 2.45) is 0 Å². The van der Waals surface area contributed by atoms with Crippen LogP contribution in [0, 0.1) is 0 Å². The van der Waals surface area contributed by atoms with Crippen molar-refractivity contribution in [3.8, 4) is 0 Å². The second-order valence-electron chi connectivity index (χ2n) is 7.67. The molecular weight excluding hydrogens is 423 g/mol. The summed E-state index contributed by atoms with van der Waals surface area (Å²) in [6, 6.07) is 13.5. The standard InChI is InChI=1S/C24H24F3NO2S/c25-24(26,27)21-3-1-2-18(15-21)17-6-9-28(10-7-17)11-12-30-16-22(29)19-4-5-23-20(14-19)8-13-31-23/h1-6,8,13-15,22,29H,7,9-12,16H2. The Morgan fingerprint density at radius 2 is 2.00 bits per heavy atom. The lowest BCUT2D eigenvalue weighted by molar-refractivity contribution is -0.137. The molecule has 31 heavy (non-hydrogen) atoms. The van der Waals surface area contributed by atoms with E-state index < -0.39 is 17.8 Å². The van der Waals surface area contributed by atoms with Crippen LogP contribution in [0.15, 0.2) is 60.0 Å². The molecule has 1 aliphatic heterocycles. The van der Waals surface area contributed by atoms with Gasteiger partial charge in [-0.05, 0) is 64.2 Å². The van der Waals surface area contributed by atoms with Crippen molar-refractivity contribution in [2.45, 2.75) is 18.7 Å². The molecule has 1 unspecified atom stereocenters.